The van der Waals surface area contributed by atoms with Gasteiger partial charge in [0.25, 0.3) is 0 Å². The van der Waals surface area contributed by atoms with Crippen LogP contribution in [0.2, 0.25) is 0 Å². The Hall–Kier alpha value is -1.96. The van der Waals surface area contributed by atoms with Crippen LogP contribution in [0, 0.1) is 17.8 Å². The monoisotopic (exact) mass is 351 g/mol. The van der Waals surface area contributed by atoms with Crippen molar-refractivity contribution in [3.63, 3.8) is 0 Å². The highest BCUT2D eigenvalue weighted by Gasteiger charge is 2.55. The predicted octanol–water partition coefficient (Wildman–Crippen LogP) is 1.57. The number of aryl methyl sites for hydroxylation is 1. The molecule has 2 bridgehead atoms. The Kier molecular flexibility index (Phi) is 4.33. The van der Waals surface area contributed by atoms with Crippen molar-refractivity contribution < 1.29 is 19.5 Å². The van der Waals surface area contributed by atoms with Crippen molar-refractivity contribution in [2.45, 2.75) is 51.9 Å². The predicted molar refractivity (Wildman–Crippen MR) is 87.0 cm³/mol. The normalized spacial score (nSPS) is 28.4. The van der Waals surface area contributed by atoms with Gasteiger partial charge >= 0.3 is 5.97 Å². The minimum absolute atomic E-state index is 0.125. The van der Waals surface area contributed by atoms with Gasteiger partial charge in [0.05, 0.1) is 28.0 Å². The molecule has 0 spiro atoms. The van der Waals surface area contributed by atoms with Gasteiger partial charge in [0.1, 0.15) is 0 Å². The van der Waals surface area contributed by atoms with Crippen molar-refractivity contribution in [3.8, 4) is 0 Å². The number of carboxylic acid groups (broad SMARTS) is 1. The van der Waals surface area contributed by atoms with Crippen LogP contribution in [0.1, 0.15) is 49.2 Å². The molecule has 3 saturated carbocycles. The Morgan fingerprint density at radius 2 is 1.71 bits per heavy atom. The first-order chi connectivity index (χ1) is 11.4. The van der Waals surface area contributed by atoms with Crippen LogP contribution in [-0.4, -0.2) is 27.9 Å². The van der Waals surface area contributed by atoms with Gasteiger partial charge in [-0.25, -0.2) is 4.98 Å². The summed E-state index contributed by atoms with van der Waals surface area (Å²) in [6, 6.07) is 0. The molecule has 3 fully saturated rings. The summed E-state index contributed by atoms with van der Waals surface area (Å²) < 4.78 is 0. The van der Waals surface area contributed by atoms with Gasteiger partial charge in [-0.15, -0.1) is 11.3 Å². The number of nitrogens with zero attached hydrogens (tertiary/aromatic N) is 1. The first-order valence-corrected chi connectivity index (χ1v) is 8.97. The molecule has 7 nitrogen and oxygen atoms in total. The van der Waals surface area contributed by atoms with Crippen LogP contribution in [0.5, 0.6) is 0 Å². The molecular formula is C16H21N3O4S. The number of hydrogen-bond donors (Lipinski definition) is 3. The molecule has 3 aliphatic rings. The lowest BCUT2D eigenvalue weighted by molar-refractivity contribution is -0.163. The number of hydrogen-bond acceptors (Lipinski definition) is 5. The summed E-state index contributed by atoms with van der Waals surface area (Å²) >= 11 is 1.48. The molecule has 1 heterocycles. The van der Waals surface area contributed by atoms with Gasteiger partial charge in [0, 0.05) is 5.38 Å². The standard InChI is InChI=1S/C16H21N3O4S/c1-10-17-11(9-24-10)8-12(20)18-19-13(21)15-2-5-16(6-3-15,7-4-15)14(22)23/h9H,2-8H2,1H3,(H,18,20)(H,19,21)(H,22,23). The van der Waals surface area contributed by atoms with Crippen LogP contribution in [0.25, 0.3) is 0 Å². The Balaban J connectivity index is 1.53. The van der Waals surface area contributed by atoms with Crippen LogP contribution in [0.4, 0.5) is 0 Å². The molecule has 130 valence electrons. The van der Waals surface area contributed by atoms with Crippen LogP contribution in [0.3, 0.4) is 0 Å². The van der Waals surface area contributed by atoms with Crippen molar-refractivity contribution in [1.29, 1.82) is 0 Å². The number of rotatable bonds is 4. The maximum atomic E-state index is 12.5. The summed E-state index contributed by atoms with van der Waals surface area (Å²) in [6.45, 7) is 1.87. The van der Waals surface area contributed by atoms with Crippen molar-refractivity contribution in [2.75, 3.05) is 0 Å². The number of thiazole rings is 1. The minimum Gasteiger partial charge on any atom is -0.481 e. The number of carboxylic acids is 1. The minimum atomic E-state index is -0.747. The van der Waals surface area contributed by atoms with E-state index in [1.807, 2.05) is 12.3 Å². The highest BCUT2D eigenvalue weighted by molar-refractivity contribution is 7.09. The van der Waals surface area contributed by atoms with E-state index >= 15 is 0 Å². The van der Waals surface area contributed by atoms with Gasteiger partial charge in [-0.2, -0.15) is 0 Å². The van der Waals surface area contributed by atoms with Crippen molar-refractivity contribution in [2.24, 2.45) is 10.8 Å². The molecule has 3 N–H and O–H groups in total. The first-order valence-electron chi connectivity index (χ1n) is 8.09. The maximum Gasteiger partial charge on any atom is 0.309 e. The van der Waals surface area contributed by atoms with E-state index in [2.05, 4.69) is 15.8 Å². The molecule has 0 saturated heterocycles. The van der Waals surface area contributed by atoms with Gasteiger partial charge in [-0.1, -0.05) is 0 Å². The van der Waals surface area contributed by atoms with E-state index in [-0.39, 0.29) is 18.2 Å². The maximum absolute atomic E-state index is 12.5. The molecule has 0 aromatic carbocycles. The van der Waals surface area contributed by atoms with Crippen molar-refractivity contribution in [3.05, 3.63) is 16.1 Å². The molecule has 24 heavy (non-hydrogen) atoms. The first kappa shape index (κ1) is 16.9. The fraction of sp³-hybridized carbons (Fsp3) is 0.625. The Bertz CT molecular complexity index is 660. The molecular weight excluding hydrogens is 330 g/mol. The number of aliphatic carboxylic acids is 1. The summed E-state index contributed by atoms with van der Waals surface area (Å²) in [6.07, 6.45) is 3.40. The molecule has 8 heteroatoms. The topological polar surface area (TPSA) is 108 Å². The van der Waals surface area contributed by atoms with E-state index in [4.69, 9.17) is 0 Å². The van der Waals surface area contributed by atoms with Crippen molar-refractivity contribution in [1.82, 2.24) is 15.8 Å². The van der Waals surface area contributed by atoms with Crippen LogP contribution >= 0.6 is 11.3 Å². The number of fused-ring (bicyclic) bond motifs is 3. The zero-order chi connectivity index (χ0) is 17.4. The summed E-state index contributed by atoms with van der Waals surface area (Å²) in [7, 11) is 0. The third-order valence-corrected chi connectivity index (χ3v) is 6.33. The van der Waals surface area contributed by atoms with E-state index in [9.17, 15) is 19.5 Å². The molecule has 0 unspecified atom stereocenters. The highest BCUT2D eigenvalue weighted by Crippen LogP contribution is 2.56. The van der Waals surface area contributed by atoms with E-state index in [0.717, 1.165) is 5.01 Å². The molecule has 1 aromatic heterocycles. The Morgan fingerprint density at radius 3 is 2.21 bits per heavy atom. The summed E-state index contributed by atoms with van der Waals surface area (Å²) in [5.74, 6) is -1.26. The fourth-order valence-corrected chi connectivity index (χ4v) is 4.42. The Morgan fingerprint density at radius 1 is 1.12 bits per heavy atom. The average molecular weight is 351 g/mol. The third-order valence-electron chi connectivity index (χ3n) is 5.51. The Labute approximate surface area is 143 Å². The van der Waals surface area contributed by atoms with Gasteiger partial charge in [-0.3, -0.25) is 25.2 Å². The smallest absolute Gasteiger partial charge is 0.309 e. The van der Waals surface area contributed by atoms with Gasteiger partial charge in [-0.05, 0) is 45.4 Å². The third kappa shape index (κ3) is 3.02. The number of amides is 2. The molecule has 0 aliphatic heterocycles. The quantitative estimate of drug-likeness (QED) is 0.714. The molecule has 4 rings (SSSR count). The number of carbonyl (C=O) groups excluding carboxylic acids is 2. The number of hydrazine groups is 1. The molecule has 2 amide bonds. The summed E-state index contributed by atoms with van der Waals surface area (Å²) in [5, 5.41) is 12.1. The summed E-state index contributed by atoms with van der Waals surface area (Å²) in [5.41, 5.74) is 4.48. The molecule has 0 radical (unpaired) electrons. The average Bonchev–Trinajstić information content (AvgIpc) is 2.99. The summed E-state index contributed by atoms with van der Waals surface area (Å²) in [4.78, 5) is 40.1. The van der Waals surface area contributed by atoms with E-state index < -0.39 is 16.8 Å². The van der Waals surface area contributed by atoms with Crippen LogP contribution in [-0.2, 0) is 20.8 Å². The fourth-order valence-electron chi connectivity index (χ4n) is 3.80. The largest absolute Gasteiger partial charge is 0.481 e. The molecule has 3 aliphatic carbocycles. The highest BCUT2D eigenvalue weighted by atomic mass is 32.1. The number of carbonyl (C=O) groups is 3. The zero-order valence-corrected chi connectivity index (χ0v) is 14.4. The second-order valence-electron chi connectivity index (χ2n) is 6.90. The lowest BCUT2D eigenvalue weighted by Crippen LogP contribution is -2.55. The van der Waals surface area contributed by atoms with Crippen LogP contribution in [0.15, 0.2) is 5.38 Å². The van der Waals surface area contributed by atoms with Gasteiger partial charge in [0.2, 0.25) is 11.8 Å². The second-order valence-corrected chi connectivity index (χ2v) is 7.96. The second kappa shape index (κ2) is 6.16. The van der Waals surface area contributed by atoms with Crippen molar-refractivity contribution >= 4 is 29.1 Å². The van der Waals surface area contributed by atoms with Gasteiger partial charge < -0.3 is 5.11 Å². The zero-order valence-electron chi connectivity index (χ0n) is 13.6. The van der Waals surface area contributed by atoms with E-state index in [1.54, 1.807) is 0 Å². The SMILES string of the molecule is Cc1nc(CC(=O)NNC(=O)C23CCC(C(=O)O)(CC2)CC3)cs1. The molecule has 0 atom stereocenters. The lowest BCUT2D eigenvalue weighted by atomic mass is 9.53. The van der Waals surface area contributed by atoms with E-state index in [1.165, 1.54) is 11.3 Å². The number of aromatic nitrogens is 1. The lowest BCUT2D eigenvalue weighted by Gasteiger charge is -2.50. The molecule has 1 aromatic rings. The van der Waals surface area contributed by atoms with E-state index in [0.29, 0.717) is 44.2 Å². The number of nitrogens with one attached hydrogen (secondary N) is 2. The van der Waals surface area contributed by atoms with Gasteiger partial charge in [0.15, 0.2) is 0 Å². The van der Waals surface area contributed by atoms with Crippen LogP contribution < -0.4 is 10.9 Å².